The largest absolute Gasteiger partial charge is 0.382 e. The third-order valence-corrected chi connectivity index (χ3v) is 4.60. The van der Waals surface area contributed by atoms with Gasteiger partial charge >= 0.3 is 0 Å². The number of rotatable bonds is 9. The second-order valence-corrected chi connectivity index (χ2v) is 6.25. The van der Waals surface area contributed by atoms with E-state index in [9.17, 15) is 0 Å². The fraction of sp³-hybridized carbons (Fsp3) is 0.632. The summed E-state index contributed by atoms with van der Waals surface area (Å²) in [6.45, 7) is 9.45. The molecule has 0 aliphatic carbocycles. The van der Waals surface area contributed by atoms with Crippen LogP contribution in [0, 0.1) is 0 Å². The van der Waals surface area contributed by atoms with Crippen molar-refractivity contribution in [3.05, 3.63) is 35.4 Å². The zero-order valence-electron chi connectivity index (χ0n) is 15.1. The topological polar surface area (TPSA) is 62.9 Å². The summed E-state index contributed by atoms with van der Waals surface area (Å²) in [6, 6.07) is 9.20. The summed E-state index contributed by atoms with van der Waals surface area (Å²) in [5, 5.41) is 3.17. The van der Waals surface area contributed by atoms with Crippen molar-refractivity contribution in [2.75, 3.05) is 32.8 Å². The van der Waals surface area contributed by atoms with Crippen molar-refractivity contribution < 1.29 is 4.74 Å². The first-order valence-electron chi connectivity index (χ1n) is 9.17. The molecule has 1 unspecified atom stereocenters. The molecule has 1 aromatic rings. The second-order valence-electron chi connectivity index (χ2n) is 6.25. The molecular weight excluding hydrogens is 300 g/mol. The quantitative estimate of drug-likeness (QED) is 0.413. The zero-order chi connectivity index (χ0) is 17.2. The first kappa shape index (κ1) is 18.7. The van der Waals surface area contributed by atoms with Gasteiger partial charge in [-0.3, -0.25) is 9.89 Å². The number of benzene rings is 1. The van der Waals surface area contributed by atoms with Crippen molar-refractivity contribution >= 4 is 5.96 Å². The standard InChI is InChI=1S/C19H32N4O/c1-3-18(14-22-19(20)21-11-7-13-24-4-2)23-12-10-16-8-5-6-9-17(16)15-23/h5-6,8-9,18H,3-4,7,10-15H2,1-2H3,(H3,20,21,22). The van der Waals surface area contributed by atoms with E-state index in [0.717, 1.165) is 58.7 Å². The molecule has 0 radical (unpaired) electrons. The van der Waals surface area contributed by atoms with E-state index in [1.165, 1.54) is 11.1 Å². The van der Waals surface area contributed by atoms with E-state index in [2.05, 4.69) is 46.4 Å². The second kappa shape index (κ2) is 10.3. The van der Waals surface area contributed by atoms with Gasteiger partial charge in [-0.2, -0.15) is 0 Å². The molecule has 0 saturated heterocycles. The van der Waals surface area contributed by atoms with Crippen LogP contribution >= 0.6 is 0 Å². The smallest absolute Gasteiger partial charge is 0.188 e. The molecule has 1 heterocycles. The van der Waals surface area contributed by atoms with Crippen molar-refractivity contribution in [1.29, 1.82) is 0 Å². The Morgan fingerprint density at radius 1 is 1.33 bits per heavy atom. The summed E-state index contributed by atoms with van der Waals surface area (Å²) in [4.78, 5) is 7.08. The minimum absolute atomic E-state index is 0.446. The molecule has 1 atom stereocenters. The molecule has 1 aromatic carbocycles. The van der Waals surface area contributed by atoms with Crippen molar-refractivity contribution in [1.82, 2.24) is 10.2 Å². The van der Waals surface area contributed by atoms with Gasteiger partial charge in [-0.1, -0.05) is 31.2 Å². The van der Waals surface area contributed by atoms with Gasteiger partial charge in [-0.15, -0.1) is 0 Å². The number of nitrogens with two attached hydrogens (primary N) is 1. The summed E-state index contributed by atoms with van der Waals surface area (Å²) < 4.78 is 5.31. The Labute approximate surface area is 146 Å². The maximum atomic E-state index is 5.98. The minimum Gasteiger partial charge on any atom is -0.382 e. The van der Waals surface area contributed by atoms with Crippen LogP contribution in [0.4, 0.5) is 0 Å². The fourth-order valence-electron chi connectivity index (χ4n) is 3.13. The minimum atomic E-state index is 0.446. The molecule has 1 aliphatic heterocycles. The molecule has 1 aliphatic rings. The van der Waals surface area contributed by atoms with Crippen LogP contribution < -0.4 is 11.1 Å². The van der Waals surface area contributed by atoms with Gasteiger partial charge < -0.3 is 15.8 Å². The third-order valence-electron chi connectivity index (χ3n) is 4.60. The summed E-state index contributed by atoms with van der Waals surface area (Å²) in [7, 11) is 0. The fourth-order valence-corrected chi connectivity index (χ4v) is 3.13. The van der Waals surface area contributed by atoms with Gasteiger partial charge in [0, 0.05) is 38.9 Å². The monoisotopic (exact) mass is 332 g/mol. The molecule has 5 heteroatoms. The lowest BCUT2D eigenvalue weighted by Gasteiger charge is -2.34. The van der Waals surface area contributed by atoms with Gasteiger partial charge in [-0.05, 0) is 37.3 Å². The van der Waals surface area contributed by atoms with Gasteiger partial charge in [0.25, 0.3) is 0 Å². The molecular formula is C19H32N4O. The Bertz CT molecular complexity index is 518. The summed E-state index contributed by atoms with van der Waals surface area (Å²) >= 11 is 0. The predicted molar refractivity (Wildman–Crippen MR) is 100 cm³/mol. The van der Waals surface area contributed by atoms with Gasteiger partial charge in [0.15, 0.2) is 5.96 Å². The Hall–Kier alpha value is -1.59. The molecule has 3 N–H and O–H groups in total. The van der Waals surface area contributed by atoms with Crippen molar-refractivity contribution in [3.63, 3.8) is 0 Å². The average Bonchev–Trinajstić information content (AvgIpc) is 2.62. The highest BCUT2D eigenvalue weighted by Crippen LogP contribution is 2.21. The molecule has 0 spiro atoms. The Morgan fingerprint density at radius 3 is 2.88 bits per heavy atom. The number of aliphatic imine (C=N–C) groups is 1. The number of nitrogens with zero attached hydrogens (tertiary/aromatic N) is 2. The van der Waals surface area contributed by atoms with Gasteiger partial charge in [0.2, 0.25) is 0 Å². The van der Waals surface area contributed by atoms with Crippen LogP contribution in [0.1, 0.15) is 37.8 Å². The highest BCUT2D eigenvalue weighted by molar-refractivity contribution is 5.77. The van der Waals surface area contributed by atoms with Crippen LogP contribution in [0.25, 0.3) is 0 Å². The first-order chi connectivity index (χ1) is 11.7. The van der Waals surface area contributed by atoms with E-state index in [-0.39, 0.29) is 0 Å². The van der Waals surface area contributed by atoms with Gasteiger partial charge in [0.05, 0.1) is 6.54 Å². The van der Waals surface area contributed by atoms with Crippen LogP contribution in [-0.2, 0) is 17.7 Å². The molecule has 0 fully saturated rings. The Balaban J connectivity index is 1.78. The summed E-state index contributed by atoms with van der Waals surface area (Å²) in [6.07, 6.45) is 3.16. The molecule has 0 amide bonds. The molecule has 5 nitrogen and oxygen atoms in total. The SMILES string of the molecule is CCOCCCNC(N)=NCC(CC)N1CCc2ccccc2C1. The molecule has 134 valence electrons. The van der Waals surface area contributed by atoms with E-state index in [1.54, 1.807) is 0 Å². The summed E-state index contributed by atoms with van der Waals surface area (Å²) in [5.74, 6) is 0.544. The maximum Gasteiger partial charge on any atom is 0.188 e. The highest BCUT2D eigenvalue weighted by Gasteiger charge is 2.21. The molecule has 0 aromatic heterocycles. The van der Waals surface area contributed by atoms with E-state index in [0.29, 0.717) is 12.0 Å². The average molecular weight is 332 g/mol. The zero-order valence-corrected chi connectivity index (χ0v) is 15.1. The van der Waals surface area contributed by atoms with Gasteiger partial charge in [-0.25, -0.2) is 0 Å². The van der Waals surface area contributed by atoms with Crippen LogP contribution in [0.2, 0.25) is 0 Å². The number of guanidine groups is 1. The molecule has 0 saturated carbocycles. The van der Waals surface area contributed by atoms with E-state index < -0.39 is 0 Å². The maximum absolute atomic E-state index is 5.98. The van der Waals surface area contributed by atoms with Crippen LogP contribution in [0.15, 0.2) is 29.3 Å². The number of nitrogens with one attached hydrogen (secondary N) is 1. The summed E-state index contributed by atoms with van der Waals surface area (Å²) in [5.41, 5.74) is 8.92. The third kappa shape index (κ3) is 5.80. The normalized spacial score (nSPS) is 16.7. The van der Waals surface area contributed by atoms with Crippen molar-refractivity contribution in [3.8, 4) is 0 Å². The number of ether oxygens (including phenoxy) is 1. The molecule has 2 rings (SSSR count). The van der Waals surface area contributed by atoms with E-state index in [1.807, 2.05) is 6.92 Å². The Kier molecular flexibility index (Phi) is 8.05. The predicted octanol–water partition coefficient (Wildman–Crippen LogP) is 2.15. The van der Waals surface area contributed by atoms with E-state index >= 15 is 0 Å². The number of fused-ring (bicyclic) bond motifs is 1. The van der Waals surface area contributed by atoms with Crippen molar-refractivity contribution in [2.24, 2.45) is 10.7 Å². The number of hydrogen-bond acceptors (Lipinski definition) is 3. The Morgan fingerprint density at radius 2 is 2.12 bits per heavy atom. The number of hydrogen-bond donors (Lipinski definition) is 2. The van der Waals surface area contributed by atoms with E-state index in [4.69, 9.17) is 10.5 Å². The highest BCUT2D eigenvalue weighted by atomic mass is 16.5. The van der Waals surface area contributed by atoms with Crippen LogP contribution in [0.3, 0.4) is 0 Å². The first-order valence-corrected chi connectivity index (χ1v) is 9.17. The van der Waals surface area contributed by atoms with Crippen LogP contribution in [-0.4, -0.2) is 49.7 Å². The molecule has 0 bridgehead atoms. The van der Waals surface area contributed by atoms with Gasteiger partial charge in [0.1, 0.15) is 0 Å². The van der Waals surface area contributed by atoms with Crippen LogP contribution in [0.5, 0.6) is 0 Å². The lowest BCUT2D eigenvalue weighted by atomic mass is 9.98. The lowest BCUT2D eigenvalue weighted by Crippen LogP contribution is -2.42. The molecule has 24 heavy (non-hydrogen) atoms. The van der Waals surface area contributed by atoms with Crippen molar-refractivity contribution in [2.45, 2.75) is 45.7 Å². The lowest BCUT2D eigenvalue weighted by molar-refractivity contribution is 0.145.